The number of piperidine rings is 1. The lowest BCUT2D eigenvalue weighted by Crippen LogP contribution is -2.47. The van der Waals surface area contributed by atoms with E-state index in [0.29, 0.717) is 12.1 Å². The van der Waals surface area contributed by atoms with Gasteiger partial charge in [0.1, 0.15) is 0 Å². The molecule has 1 fully saturated rings. The average molecular weight is 200 g/mol. The third kappa shape index (κ3) is 3.56. The first-order valence-electron chi connectivity index (χ1n) is 5.74. The van der Waals surface area contributed by atoms with Crippen molar-refractivity contribution in [2.45, 2.75) is 51.7 Å². The molecule has 1 saturated heterocycles. The SMILES string of the molecule is CC(C)N1CCC(N[C@@H](C)CO)CC1. The van der Waals surface area contributed by atoms with Gasteiger partial charge in [0.15, 0.2) is 0 Å². The highest BCUT2D eigenvalue weighted by Gasteiger charge is 2.21. The molecule has 0 aliphatic carbocycles. The van der Waals surface area contributed by atoms with Gasteiger partial charge in [0.25, 0.3) is 0 Å². The van der Waals surface area contributed by atoms with E-state index in [-0.39, 0.29) is 12.6 Å². The fourth-order valence-electron chi connectivity index (χ4n) is 2.04. The van der Waals surface area contributed by atoms with Gasteiger partial charge in [0, 0.05) is 18.1 Å². The summed E-state index contributed by atoms with van der Waals surface area (Å²) in [5.74, 6) is 0. The molecule has 0 aromatic heterocycles. The summed E-state index contributed by atoms with van der Waals surface area (Å²) in [7, 11) is 0. The summed E-state index contributed by atoms with van der Waals surface area (Å²) in [4.78, 5) is 2.52. The van der Waals surface area contributed by atoms with Gasteiger partial charge in [0.2, 0.25) is 0 Å². The number of nitrogens with one attached hydrogen (secondary N) is 1. The largest absolute Gasteiger partial charge is 0.395 e. The molecule has 1 atom stereocenters. The minimum absolute atomic E-state index is 0.240. The van der Waals surface area contributed by atoms with Gasteiger partial charge in [-0.25, -0.2) is 0 Å². The van der Waals surface area contributed by atoms with Crippen LogP contribution in [-0.2, 0) is 0 Å². The maximum absolute atomic E-state index is 8.93. The minimum Gasteiger partial charge on any atom is -0.395 e. The zero-order valence-electron chi connectivity index (χ0n) is 9.66. The Bertz CT molecular complexity index is 153. The van der Waals surface area contributed by atoms with Crippen molar-refractivity contribution in [3.05, 3.63) is 0 Å². The topological polar surface area (TPSA) is 35.5 Å². The van der Waals surface area contributed by atoms with Gasteiger partial charge in [-0.15, -0.1) is 0 Å². The molecule has 84 valence electrons. The Hall–Kier alpha value is -0.120. The summed E-state index contributed by atoms with van der Waals surface area (Å²) >= 11 is 0. The van der Waals surface area contributed by atoms with Gasteiger partial charge in [-0.2, -0.15) is 0 Å². The number of nitrogens with zero attached hydrogens (tertiary/aromatic N) is 1. The molecule has 3 heteroatoms. The average Bonchev–Trinajstić information content (AvgIpc) is 2.18. The van der Waals surface area contributed by atoms with Crippen LogP contribution < -0.4 is 5.32 Å². The molecule has 0 aromatic rings. The van der Waals surface area contributed by atoms with E-state index >= 15 is 0 Å². The predicted molar refractivity (Wildman–Crippen MR) is 59.4 cm³/mol. The third-order valence-corrected chi connectivity index (χ3v) is 3.05. The van der Waals surface area contributed by atoms with Crippen LogP contribution in [0.5, 0.6) is 0 Å². The molecule has 0 radical (unpaired) electrons. The normalized spacial score (nSPS) is 22.9. The van der Waals surface area contributed by atoms with Crippen LogP contribution in [0, 0.1) is 0 Å². The van der Waals surface area contributed by atoms with E-state index in [2.05, 4.69) is 24.1 Å². The molecule has 0 saturated carbocycles. The molecule has 0 bridgehead atoms. The quantitative estimate of drug-likeness (QED) is 0.705. The molecule has 1 aliphatic rings. The Morgan fingerprint density at radius 2 is 1.86 bits per heavy atom. The van der Waals surface area contributed by atoms with Gasteiger partial charge in [0.05, 0.1) is 6.61 Å². The lowest BCUT2D eigenvalue weighted by Gasteiger charge is -2.35. The van der Waals surface area contributed by atoms with Crippen molar-refractivity contribution in [1.82, 2.24) is 10.2 Å². The molecule has 0 amide bonds. The number of rotatable bonds is 4. The van der Waals surface area contributed by atoms with Crippen LogP contribution in [0.4, 0.5) is 0 Å². The van der Waals surface area contributed by atoms with Crippen LogP contribution in [0.25, 0.3) is 0 Å². The molecule has 14 heavy (non-hydrogen) atoms. The van der Waals surface area contributed by atoms with Crippen molar-refractivity contribution in [2.24, 2.45) is 0 Å². The van der Waals surface area contributed by atoms with Crippen molar-refractivity contribution >= 4 is 0 Å². The maximum Gasteiger partial charge on any atom is 0.0582 e. The minimum atomic E-state index is 0.240. The first-order valence-corrected chi connectivity index (χ1v) is 5.74. The smallest absolute Gasteiger partial charge is 0.0582 e. The summed E-state index contributed by atoms with van der Waals surface area (Å²) in [5, 5.41) is 12.4. The van der Waals surface area contributed by atoms with Gasteiger partial charge in [-0.1, -0.05) is 0 Å². The summed E-state index contributed by atoms with van der Waals surface area (Å²) in [6, 6.07) is 1.52. The standard InChI is InChI=1S/C11H24N2O/c1-9(2)13-6-4-11(5-7-13)12-10(3)8-14/h9-12,14H,4-8H2,1-3H3/t10-/m0/s1. The third-order valence-electron chi connectivity index (χ3n) is 3.05. The van der Waals surface area contributed by atoms with Crippen LogP contribution in [0.2, 0.25) is 0 Å². The Labute approximate surface area is 87.5 Å². The highest BCUT2D eigenvalue weighted by molar-refractivity contribution is 4.80. The first kappa shape index (κ1) is 12.0. The van der Waals surface area contributed by atoms with E-state index in [1.807, 2.05) is 6.92 Å². The zero-order chi connectivity index (χ0) is 10.6. The monoisotopic (exact) mass is 200 g/mol. The number of hydrogen-bond donors (Lipinski definition) is 2. The molecular formula is C11H24N2O. The van der Waals surface area contributed by atoms with Crippen molar-refractivity contribution in [3.8, 4) is 0 Å². The molecule has 0 unspecified atom stereocenters. The molecule has 2 N–H and O–H groups in total. The summed E-state index contributed by atoms with van der Waals surface area (Å²) in [6.45, 7) is 9.16. The number of aliphatic hydroxyl groups excluding tert-OH is 1. The maximum atomic E-state index is 8.93. The van der Waals surface area contributed by atoms with E-state index < -0.39 is 0 Å². The van der Waals surface area contributed by atoms with E-state index in [0.717, 1.165) is 0 Å². The van der Waals surface area contributed by atoms with Crippen LogP contribution in [0.15, 0.2) is 0 Å². The van der Waals surface area contributed by atoms with Gasteiger partial charge in [-0.05, 0) is 46.7 Å². The van der Waals surface area contributed by atoms with Crippen molar-refractivity contribution in [1.29, 1.82) is 0 Å². The van der Waals surface area contributed by atoms with E-state index in [1.54, 1.807) is 0 Å². The Kier molecular flexibility index (Phi) is 4.85. The molecule has 0 aromatic carbocycles. The Balaban J connectivity index is 2.22. The van der Waals surface area contributed by atoms with Gasteiger partial charge >= 0.3 is 0 Å². The van der Waals surface area contributed by atoms with Crippen LogP contribution in [-0.4, -0.2) is 47.8 Å². The van der Waals surface area contributed by atoms with E-state index in [9.17, 15) is 0 Å². The van der Waals surface area contributed by atoms with Crippen LogP contribution >= 0.6 is 0 Å². The Morgan fingerprint density at radius 1 is 1.29 bits per heavy atom. The molecular weight excluding hydrogens is 176 g/mol. The number of aliphatic hydroxyl groups is 1. The van der Waals surface area contributed by atoms with E-state index in [1.165, 1.54) is 25.9 Å². The summed E-state index contributed by atoms with van der Waals surface area (Å²) in [6.07, 6.45) is 2.42. The van der Waals surface area contributed by atoms with Crippen molar-refractivity contribution in [2.75, 3.05) is 19.7 Å². The second-order valence-corrected chi connectivity index (χ2v) is 4.65. The number of likely N-dealkylation sites (tertiary alicyclic amines) is 1. The molecule has 1 rings (SSSR count). The Morgan fingerprint density at radius 3 is 2.29 bits per heavy atom. The lowest BCUT2D eigenvalue weighted by molar-refractivity contribution is 0.148. The highest BCUT2D eigenvalue weighted by atomic mass is 16.3. The summed E-state index contributed by atoms with van der Waals surface area (Å²) < 4.78 is 0. The van der Waals surface area contributed by atoms with Crippen LogP contribution in [0.3, 0.4) is 0 Å². The van der Waals surface area contributed by atoms with Crippen LogP contribution in [0.1, 0.15) is 33.6 Å². The second kappa shape index (κ2) is 5.69. The first-order chi connectivity index (χ1) is 6.63. The zero-order valence-corrected chi connectivity index (χ0v) is 9.66. The fourth-order valence-corrected chi connectivity index (χ4v) is 2.04. The predicted octanol–water partition coefficient (Wildman–Crippen LogP) is 0.830. The van der Waals surface area contributed by atoms with Gasteiger partial charge in [-0.3, -0.25) is 0 Å². The molecule has 0 spiro atoms. The second-order valence-electron chi connectivity index (χ2n) is 4.65. The number of hydrogen-bond acceptors (Lipinski definition) is 3. The van der Waals surface area contributed by atoms with Crippen molar-refractivity contribution in [3.63, 3.8) is 0 Å². The lowest BCUT2D eigenvalue weighted by atomic mass is 10.0. The fraction of sp³-hybridized carbons (Fsp3) is 1.00. The summed E-state index contributed by atoms with van der Waals surface area (Å²) in [5.41, 5.74) is 0. The van der Waals surface area contributed by atoms with Gasteiger partial charge < -0.3 is 15.3 Å². The highest BCUT2D eigenvalue weighted by Crippen LogP contribution is 2.13. The van der Waals surface area contributed by atoms with E-state index in [4.69, 9.17) is 5.11 Å². The van der Waals surface area contributed by atoms with Crippen molar-refractivity contribution < 1.29 is 5.11 Å². The molecule has 3 nitrogen and oxygen atoms in total. The molecule has 1 heterocycles. The molecule has 1 aliphatic heterocycles.